The van der Waals surface area contributed by atoms with Crippen LogP contribution >= 0.6 is 11.3 Å². The lowest BCUT2D eigenvalue weighted by Gasteiger charge is -2.32. The van der Waals surface area contributed by atoms with Gasteiger partial charge in [-0.1, -0.05) is 0 Å². The highest BCUT2D eigenvalue weighted by molar-refractivity contribution is 7.13. The quantitative estimate of drug-likeness (QED) is 0.925. The molecule has 1 N–H and O–H groups in total. The largest absolute Gasteiger partial charge is 0.419 e. The third-order valence-corrected chi connectivity index (χ3v) is 4.94. The molecule has 1 aliphatic heterocycles. The van der Waals surface area contributed by atoms with Gasteiger partial charge < -0.3 is 10.2 Å². The van der Waals surface area contributed by atoms with Gasteiger partial charge in [0.05, 0.1) is 17.5 Å². The summed E-state index contributed by atoms with van der Waals surface area (Å²) in [5.74, 6) is 0. The number of rotatable bonds is 4. The van der Waals surface area contributed by atoms with Crippen molar-refractivity contribution in [1.82, 2.24) is 20.1 Å². The third kappa shape index (κ3) is 3.66. The highest BCUT2D eigenvalue weighted by Gasteiger charge is 2.35. The molecule has 5 nitrogen and oxygen atoms in total. The monoisotopic (exact) mass is 345 g/mol. The molecule has 0 spiro atoms. The van der Waals surface area contributed by atoms with Gasteiger partial charge in [0.15, 0.2) is 5.13 Å². The van der Waals surface area contributed by atoms with Crippen molar-refractivity contribution in [3.8, 4) is 0 Å². The summed E-state index contributed by atoms with van der Waals surface area (Å²) < 4.78 is 40.1. The van der Waals surface area contributed by atoms with Gasteiger partial charge in [0, 0.05) is 44.3 Å². The van der Waals surface area contributed by atoms with Gasteiger partial charge in [0.1, 0.15) is 0 Å². The smallest absolute Gasteiger partial charge is 0.348 e. The number of alkyl halides is 3. The van der Waals surface area contributed by atoms with Crippen LogP contribution < -0.4 is 10.2 Å². The minimum absolute atomic E-state index is 0.174. The minimum Gasteiger partial charge on any atom is -0.348 e. The summed E-state index contributed by atoms with van der Waals surface area (Å²) in [6.45, 7) is 1.90. The maximum atomic E-state index is 12.9. The molecule has 126 valence electrons. The fourth-order valence-corrected chi connectivity index (χ4v) is 3.49. The van der Waals surface area contributed by atoms with E-state index in [1.807, 2.05) is 5.38 Å². The van der Waals surface area contributed by atoms with Crippen LogP contribution in [0.5, 0.6) is 0 Å². The van der Waals surface area contributed by atoms with Gasteiger partial charge in [0.2, 0.25) is 0 Å². The molecule has 0 aliphatic carbocycles. The van der Waals surface area contributed by atoms with Crippen LogP contribution in [-0.4, -0.2) is 33.9 Å². The van der Waals surface area contributed by atoms with Crippen LogP contribution in [0.25, 0.3) is 0 Å². The molecule has 1 fully saturated rings. The Hall–Kier alpha value is -1.61. The first-order chi connectivity index (χ1) is 10.9. The van der Waals surface area contributed by atoms with Crippen LogP contribution in [0.3, 0.4) is 0 Å². The Bertz CT molecular complexity index is 629. The van der Waals surface area contributed by atoms with E-state index in [9.17, 15) is 13.2 Å². The second-order valence-corrected chi connectivity index (χ2v) is 6.46. The third-order valence-electron chi connectivity index (χ3n) is 4.11. The van der Waals surface area contributed by atoms with Crippen molar-refractivity contribution in [2.75, 3.05) is 18.0 Å². The summed E-state index contributed by atoms with van der Waals surface area (Å²) in [5.41, 5.74) is -0.479. The normalized spacial score (nSPS) is 17.0. The predicted molar refractivity (Wildman–Crippen MR) is 82.4 cm³/mol. The molecule has 0 unspecified atom stereocenters. The van der Waals surface area contributed by atoms with Gasteiger partial charge in [-0.05, 0) is 12.8 Å². The van der Waals surface area contributed by atoms with Crippen LogP contribution in [0.4, 0.5) is 18.3 Å². The summed E-state index contributed by atoms with van der Waals surface area (Å²) in [6, 6.07) is 0.210. The molecule has 0 bridgehead atoms. The molecular formula is C14H18F3N5S. The topological polar surface area (TPSA) is 46.0 Å². The number of aromatic nitrogens is 3. The second kappa shape index (κ2) is 6.48. The number of hydrogen-bond acceptors (Lipinski definition) is 5. The molecule has 0 saturated carbocycles. The van der Waals surface area contributed by atoms with Gasteiger partial charge in [-0.25, -0.2) is 4.98 Å². The maximum absolute atomic E-state index is 12.9. The molecule has 2 aromatic heterocycles. The Morgan fingerprint density at radius 2 is 2.09 bits per heavy atom. The number of anilines is 1. The SMILES string of the molecule is Cn1ncc(C(F)(F)F)c1CNC1CCN(c2nccs2)CC1. The number of piperidine rings is 1. The van der Waals surface area contributed by atoms with Crippen molar-refractivity contribution in [3.63, 3.8) is 0 Å². The fourth-order valence-electron chi connectivity index (χ4n) is 2.80. The van der Waals surface area contributed by atoms with E-state index < -0.39 is 11.7 Å². The van der Waals surface area contributed by atoms with Crippen LogP contribution in [0.2, 0.25) is 0 Å². The highest BCUT2D eigenvalue weighted by atomic mass is 32.1. The van der Waals surface area contributed by atoms with Crippen molar-refractivity contribution >= 4 is 16.5 Å². The first kappa shape index (κ1) is 16.3. The summed E-state index contributed by atoms with van der Waals surface area (Å²) in [4.78, 5) is 6.51. The lowest BCUT2D eigenvalue weighted by Crippen LogP contribution is -2.42. The van der Waals surface area contributed by atoms with E-state index in [0.29, 0.717) is 0 Å². The first-order valence-corrected chi connectivity index (χ1v) is 8.29. The van der Waals surface area contributed by atoms with Gasteiger partial charge in [-0.3, -0.25) is 4.68 Å². The fraction of sp³-hybridized carbons (Fsp3) is 0.571. The van der Waals surface area contributed by atoms with E-state index in [1.54, 1.807) is 17.5 Å². The Kier molecular flexibility index (Phi) is 4.58. The molecule has 0 radical (unpaired) electrons. The van der Waals surface area contributed by atoms with Crippen LogP contribution in [0, 0.1) is 0 Å². The number of aryl methyl sites for hydroxylation is 1. The second-order valence-electron chi connectivity index (χ2n) is 5.58. The molecule has 9 heteroatoms. The minimum atomic E-state index is -4.36. The van der Waals surface area contributed by atoms with Gasteiger partial charge in [-0.2, -0.15) is 18.3 Å². The van der Waals surface area contributed by atoms with E-state index in [4.69, 9.17) is 0 Å². The zero-order valence-electron chi connectivity index (χ0n) is 12.7. The zero-order valence-corrected chi connectivity index (χ0v) is 13.5. The van der Waals surface area contributed by atoms with E-state index >= 15 is 0 Å². The number of hydrogen-bond donors (Lipinski definition) is 1. The molecule has 1 saturated heterocycles. The van der Waals surface area contributed by atoms with Crippen LogP contribution in [-0.2, 0) is 19.8 Å². The lowest BCUT2D eigenvalue weighted by atomic mass is 10.1. The molecular weight excluding hydrogens is 327 g/mol. The van der Waals surface area contributed by atoms with Crippen molar-refractivity contribution in [2.24, 2.45) is 7.05 Å². The Balaban J connectivity index is 1.55. The first-order valence-electron chi connectivity index (χ1n) is 7.41. The summed E-state index contributed by atoms with van der Waals surface area (Å²) >= 11 is 1.61. The van der Waals surface area contributed by atoms with Gasteiger partial charge in [-0.15, -0.1) is 11.3 Å². The molecule has 0 amide bonds. The average molecular weight is 345 g/mol. The Morgan fingerprint density at radius 1 is 1.35 bits per heavy atom. The molecule has 0 aromatic carbocycles. The summed E-state index contributed by atoms with van der Waals surface area (Å²) in [5, 5.41) is 9.93. The van der Waals surface area contributed by atoms with E-state index in [-0.39, 0.29) is 18.3 Å². The van der Waals surface area contributed by atoms with Gasteiger partial charge >= 0.3 is 6.18 Å². The molecule has 1 aliphatic rings. The van der Waals surface area contributed by atoms with Crippen molar-refractivity contribution in [2.45, 2.75) is 31.6 Å². The summed E-state index contributed by atoms with van der Waals surface area (Å²) in [7, 11) is 1.54. The van der Waals surface area contributed by atoms with Crippen LogP contribution in [0.1, 0.15) is 24.1 Å². The maximum Gasteiger partial charge on any atom is 0.419 e. The van der Waals surface area contributed by atoms with Crippen molar-refractivity contribution in [3.05, 3.63) is 29.0 Å². The van der Waals surface area contributed by atoms with Crippen molar-refractivity contribution < 1.29 is 13.2 Å². The Morgan fingerprint density at radius 3 is 2.70 bits per heavy atom. The number of thiazole rings is 1. The zero-order chi connectivity index (χ0) is 16.4. The number of halogens is 3. The molecule has 3 rings (SSSR count). The molecule has 0 atom stereocenters. The molecule has 2 aromatic rings. The Labute approximate surface area is 136 Å². The molecule has 3 heterocycles. The van der Waals surface area contributed by atoms with Crippen molar-refractivity contribution in [1.29, 1.82) is 0 Å². The average Bonchev–Trinajstić information content (AvgIpc) is 3.15. The van der Waals surface area contributed by atoms with E-state index in [2.05, 4.69) is 20.3 Å². The lowest BCUT2D eigenvalue weighted by molar-refractivity contribution is -0.138. The standard InChI is InChI=1S/C14H18F3N5S/c1-21-12(11(8-20-21)14(15,16)17)9-19-10-2-5-22(6-3-10)13-18-4-7-23-13/h4,7-8,10,19H,2-3,5-6,9H2,1H3. The number of nitrogens with zero attached hydrogens (tertiary/aromatic N) is 4. The van der Waals surface area contributed by atoms with E-state index in [1.165, 1.54) is 11.7 Å². The predicted octanol–water partition coefficient (Wildman–Crippen LogP) is 2.65. The number of nitrogens with one attached hydrogen (secondary N) is 1. The van der Waals surface area contributed by atoms with Crippen LogP contribution in [0.15, 0.2) is 17.8 Å². The highest BCUT2D eigenvalue weighted by Crippen LogP contribution is 2.31. The molecule has 23 heavy (non-hydrogen) atoms. The summed E-state index contributed by atoms with van der Waals surface area (Å²) in [6.07, 6.45) is 0.0878. The van der Waals surface area contributed by atoms with E-state index in [0.717, 1.165) is 37.3 Å². The van der Waals surface area contributed by atoms with Gasteiger partial charge in [0.25, 0.3) is 0 Å².